The van der Waals surface area contributed by atoms with E-state index in [0.29, 0.717) is 10.9 Å². The van der Waals surface area contributed by atoms with Gasteiger partial charge in [-0.25, -0.2) is 4.98 Å². The Morgan fingerprint density at radius 3 is 2.71 bits per heavy atom. The van der Waals surface area contributed by atoms with Crippen molar-refractivity contribution in [3.8, 4) is 5.88 Å². The summed E-state index contributed by atoms with van der Waals surface area (Å²) in [5.74, 6) is 1.50. The highest BCUT2D eigenvalue weighted by molar-refractivity contribution is 6.30. The van der Waals surface area contributed by atoms with Crippen LogP contribution in [0.1, 0.15) is 36.8 Å². The summed E-state index contributed by atoms with van der Waals surface area (Å²) in [6.07, 6.45) is 15.4. The van der Waals surface area contributed by atoms with E-state index in [4.69, 9.17) is 16.3 Å². The van der Waals surface area contributed by atoms with Crippen molar-refractivity contribution in [3.05, 3.63) is 113 Å². The maximum atomic E-state index is 11.1. The fourth-order valence-corrected chi connectivity index (χ4v) is 4.97. The van der Waals surface area contributed by atoms with Gasteiger partial charge in [-0.1, -0.05) is 48.5 Å². The molecule has 2 aromatic rings. The van der Waals surface area contributed by atoms with E-state index in [1.165, 1.54) is 5.57 Å². The monoisotopic (exact) mass is 472 g/mol. The maximum Gasteiger partial charge on any atom is 0.227 e. The molecule has 0 atom stereocenters. The van der Waals surface area contributed by atoms with Crippen LogP contribution in [0.5, 0.6) is 5.88 Å². The lowest BCUT2D eigenvalue weighted by Gasteiger charge is -2.38. The Bertz CT molecular complexity index is 1200. The molecule has 1 aromatic heterocycles. The first-order valence-electron chi connectivity index (χ1n) is 11.8. The molecule has 0 bridgehead atoms. The number of piperidine rings is 1. The minimum Gasteiger partial charge on any atom is -0.438 e. The number of nitrogens with zero attached hydrogens (tertiary/aromatic N) is 2. The number of halogens is 1. The number of likely N-dealkylation sites (tertiary alicyclic amines) is 1. The molecule has 2 aliphatic heterocycles. The number of fused-ring (bicyclic) bond motifs is 2. The molecule has 5 rings (SSSR count). The number of ether oxygens (including phenoxy) is 1. The second-order valence-corrected chi connectivity index (χ2v) is 9.55. The summed E-state index contributed by atoms with van der Waals surface area (Å²) >= 11 is 6.01. The van der Waals surface area contributed by atoms with Crippen molar-refractivity contribution in [2.24, 2.45) is 0 Å². The standard InChI is InChI=1S/C29H29ClN2O2/c1-2-21-7-12-27-23(19-21)20-22(26-6-3-15-31-28(26)34-27)5-4-16-32-17-13-29(33,14-18-32)24-8-10-25(30)11-9-24/h2-3,5-12,15,20,33H,1,4,13-14,16-19H2. The Hall–Kier alpha value is -2.92. The fraction of sp³-hybridized carbons (Fsp3) is 0.276. The number of aliphatic hydroxyl groups is 1. The number of rotatable bonds is 5. The Morgan fingerprint density at radius 2 is 1.94 bits per heavy atom. The first kappa shape index (κ1) is 22.9. The minimum absolute atomic E-state index is 0.646. The molecule has 174 valence electrons. The van der Waals surface area contributed by atoms with Gasteiger partial charge in [-0.05, 0) is 78.0 Å². The van der Waals surface area contributed by atoms with Gasteiger partial charge in [-0.3, -0.25) is 0 Å². The molecule has 34 heavy (non-hydrogen) atoms. The lowest BCUT2D eigenvalue weighted by Crippen LogP contribution is -2.42. The van der Waals surface area contributed by atoms with Gasteiger partial charge in [0.25, 0.3) is 0 Å². The van der Waals surface area contributed by atoms with Crippen LogP contribution in [0.15, 0.2) is 96.5 Å². The third-order valence-corrected chi connectivity index (χ3v) is 7.17. The molecule has 0 saturated carbocycles. The summed E-state index contributed by atoms with van der Waals surface area (Å²) in [4.78, 5) is 6.91. The first-order valence-corrected chi connectivity index (χ1v) is 12.2. The second-order valence-electron chi connectivity index (χ2n) is 9.11. The molecule has 1 fully saturated rings. The summed E-state index contributed by atoms with van der Waals surface area (Å²) in [6.45, 7) is 6.59. The van der Waals surface area contributed by atoms with E-state index in [1.54, 1.807) is 6.20 Å². The average Bonchev–Trinajstić information content (AvgIpc) is 3.01. The van der Waals surface area contributed by atoms with Crippen LogP contribution >= 0.6 is 11.6 Å². The molecule has 1 aliphatic carbocycles. The molecule has 5 heteroatoms. The molecule has 0 amide bonds. The average molecular weight is 473 g/mol. The van der Waals surface area contributed by atoms with Gasteiger partial charge in [0.1, 0.15) is 5.76 Å². The van der Waals surface area contributed by atoms with Crippen LogP contribution in [0.4, 0.5) is 0 Å². The molecular weight excluding hydrogens is 444 g/mol. The van der Waals surface area contributed by atoms with E-state index in [1.807, 2.05) is 42.5 Å². The minimum atomic E-state index is -0.771. The van der Waals surface area contributed by atoms with Crippen LogP contribution in [0, 0.1) is 0 Å². The SMILES string of the molecule is C=CC1=CC=C2Oc3ncccc3C(=CCCN3CCC(O)(c4ccc(Cl)cc4)CC3)C=C2C1. The lowest BCUT2D eigenvalue weighted by atomic mass is 9.84. The number of benzene rings is 1. The van der Waals surface area contributed by atoms with Gasteiger partial charge in [0.05, 0.1) is 5.60 Å². The summed E-state index contributed by atoms with van der Waals surface area (Å²) in [5, 5.41) is 11.8. The topological polar surface area (TPSA) is 45.6 Å². The molecule has 0 unspecified atom stereocenters. The van der Waals surface area contributed by atoms with Crippen LogP contribution in [0.3, 0.4) is 0 Å². The molecule has 3 aliphatic rings. The number of pyridine rings is 1. The third kappa shape index (κ3) is 4.80. The van der Waals surface area contributed by atoms with E-state index in [9.17, 15) is 5.11 Å². The molecule has 0 spiro atoms. The van der Waals surface area contributed by atoms with Gasteiger partial charge < -0.3 is 14.7 Å². The van der Waals surface area contributed by atoms with Crippen LogP contribution in [0.2, 0.25) is 5.02 Å². The summed E-state index contributed by atoms with van der Waals surface area (Å²) in [5.41, 5.74) is 4.67. The Labute approximate surface area is 206 Å². The van der Waals surface area contributed by atoms with Crippen molar-refractivity contribution < 1.29 is 9.84 Å². The van der Waals surface area contributed by atoms with Crippen molar-refractivity contribution >= 4 is 17.2 Å². The van der Waals surface area contributed by atoms with Crippen LogP contribution < -0.4 is 4.74 Å². The Morgan fingerprint density at radius 1 is 1.15 bits per heavy atom. The van der Waals surface area contributed by atoms with Gasteiger partial charge in [-0.2, -0.15) is 0 Å². The van der Waals surface area contributed by atoms with Gasteiger partial charge >= 0.3 is 0 Å². The highest BCUT2D eigenvalue weighted by Crippen LogP contribution is 2.37. The Balaban J connectivity index is 1.28. The molecular formula is C29H29ClN2O2. The van der Waals surface area contributed by atoms with E-state index >= 15 is 0 Å². The number of hydrogen-bond donors (Lipinski definition) is 1. The van der Waals surface area contributed by atoms with Crippen molar-refractivity contribution in [2.45, 2.75) is 31.3 Å². The molecule has 4 nitrogen and oxygen atoms in total. The third-order valence-electron chi connectivity index (χ3n) is 6.91. The van der Waals surface area contributed by atoms with E-state index in [-0.39, 0.29) is 0 Å². The summed E-state index contributed by atoms with van der Waals surface area (Å²) in [6, 6.07) is 11.6. The van der Waals surface area contributed by atoms with E-state index in [2.05, 4.69) is 40.8 Å². The van der Waals surface area contributed by atoms with Gasteiger partial charge in [0.2, 0.25) is 5.88 Å². The second kappa shape index (κ2) is 9.75. The van der Waals surface area contributed by atoms with Crippen LogP contribution in [0.25, 0.3) is 5.57 Å². The molecule has 0 radical (unpaired) electrons. The largest absolute Gasteiger partial charge is 0.438 e. The van der Waals surface area contributed by atoms with E-state index in [0.717, 1.165) is 73.3 Å². The van der Waals surface area contributed by atoms with Crippen LogP contribution in [-0.2, 0) is 5.60 Å². The van der Waals surface area contributed by atoms with Crippen LogP contribution in [-0.4, -0.2) is 34.6 Å². The fourth-order valence-electron chi connectivity index (χ4n) is 4.85. The number of hydrogen-bond acceptors (Lipinski definition) is 4. The van der Waals surface area contributed by atoms with Gasteiger partial charge in [0.15, 0.2) is 0 Å². The van der Waals surface area contributed by atoms with Crippen molar-refractivity contribution in [1.29, 1.82) is 0 Å². The molecule has 3 heterocycles. The van der Waals surface area contributed by atoms with Gasteiger partial charge in [-0.15, -0.1) is 0 Å². The zero-order chi connectivity index (χ0) is 23.5. The van der Waals surface area contributed by atoms with Crippen molar-refractivity contribution in [3.63, 3.8) is 0 Å². The normalized spacial score (nSPS) is 20.8. The van der Waals surface area contributed by atoms with Crippen molar-refractivity contribution in [1.82, 2.24) is 9.88 Å². The first-order chi connectivity index (χ1) is 16.5. The number of aromatic nitrogens is 1. The predicted octanol–water partition coefficient (Wildman–Crippen LogP) is 6.21. The Kier molecular flexibility index (Phi) is 6.55. The zero-order valence-corrected chi connectivity index (χ0v) is 20.0. The smallest absolute Gasteiger partial charge is 0.227 e. The predicted molar refractivity (Wildman–Crippen MR) is 138 cm³/mol. The molecule has 1 saturated heterocycles. The summed E-state index contributed by atoms with van der Waals surface area (Å²) in [7, 11) is 0. The highest BCUT2D eigenvalue weighted by Gasteiger charge is 2.33. The number of allylic oxidation sites excluding steroid dienone is 7. The van der Waals surface area contributed by atoms with Crippen molar-refractivity contribution in [2.75, 3.05) is 19.6 Å². The maximum absolute atomic E-state index is 11.1. The quantitative estimate of drug-likeness (QED) is 0.561. The highest BCUT2D eigenvalue weighted by atomic mass is 35.5. The lowest BCUT2D eigenvalue weighted by molar-refractivity contribution is -0.0254. The molecule has 1 N–H and O–H groups in total. The zero-order valence-electron chi connectivity index (χ0n) is 19.2. The van der Waals surface area contributed by atoms with E-state index < -0.39 is 5.60 Å². The molecule has 1 aromatic carbocycles. The summed E-state index contributed by atoms with van der Waals surface area (Å²) < 4.78 is 6.17. The van der Waals surface area contributed by atoms with Gasteiger partial charge in [0, 0.05) is 42.8 Å².